The Balaban J connectivity index is 1.74. The Labute approximate surface area is 151 Å². The van der Waals surface area contributed by atoms with Crippen LogP contribution in [0.1, 0.15) is 34.8 Å². The Kier molecular flexibility index (Phi) is 4.99. The van der Waals surface area contributed by atoms with Gasteiger partial charge in [-0.15, -0.1) is 0 Å². The molecule has 0 aliphatic carbocycles. The molecular formula is C20H18FN3O2. The molecule has 1 unspecified atom stereocenters. The molecule has 1 heterocycles. The summed E-state index contributed by atoms with van der Waals surface area (Å²) in [7, 11) is 0. The van der Waals surface area contributed by atoms with E-state index in [1.165, 1.54) is 19.1 Å². The first-order chi connectivity index (χ1) is 12.5. The summed E-state index contributed by atoms with van der Waals surface area (Å²) in [5.74, 6) is -0.521. The zero-order valence-corrected chi connectivity index (χ0v) is 14.3. The minimum atomic E-state index is -0.456. The summed E-state index contributed by atoms with van der Waals surface area (Å²) in [4.78, 5) is 26.2. The van der Waals surface area contributed by atoms with Gasteiger partial charge in [-0.3, -0.25) is 9.59 Å². The number of likely N-dealkylation sites (tertiary alicyclic amines) is 1. The van der Waals surface area contributed by atoms with Crippen LogP contribution in [0.5, 0.6) is 0 Å². The molecule has 1 fully saturated rings. The van der Waals surface area contributed by atoms with E-state index in [1.54, 1.807) is 35.2 Å². The number of halogens is 1. The van der Waals surface area contributed by atoms with Crippen molar-refractivity contribution in [2.45, 2.75) is 25.9 Å². The molecule has 1 aliphatic heterocycles. The van der Waals surface area contributed by atoms with Gasteiger partial charge >= 0.3 is 0 Å². The predicted octanol–water partition coefficient (Wildman–Crippen LogP) is 3.11. The molecule has 1 amide bonds. The van der Waals surface area contributed by atoms with Crippen LogP contribution in [0.15, 0.2) is 42.5 Å². The molecule has 132 valence electrons. The zero-order valence-electron chi connectivity index (χ0n) is 14.3. The molecular weight excluding hydrogens is 333 g/mol. The van der Waals surface area contributed by atoms with Crippen molar-refractivity contribution in [3.05, 3.63) is 65.0 Å². The molecule has 1 aliphatic rings. The summed E-state index contributed by atoms with van der Waals surface area (Å²) in [6.45, 7) is 2.43. The lowest BCUT2D eigenvalue weighted by atomic mass is 10.1. The number of benzene rings is 2. The second kappa shape index (κ2) is 7.36. The molecule has 2 aromatic carbocycles. The van der Waals surface area contributed by atoms with Crippen LogP contribution in [-0.4, -0.2) is 29.2 Å². The van der Waals surface area contributed by atoms with Gasteiger partial charge in [0.2, 0.25) is 5.91 Å². The van der Waals surface area contributed by atoms with E-state index >= 15 is 0 Å². The van der Waals surface area contributed by atoms with Crippen molar-refractivity contribution < 1.29 is 14.0 Å². The third-order valence-electron chi connectivity index (χ3n) is 4.44. The highest BCUT2D eigenvalue weighted by Gasteiger charge is 2.32. The molecule has 0 spiro atoms. The SMILES string of the molecule is CC(=O)c1ccc(C#N)cc1NC1CCN(Cc2ccc(F)cc2)C1=O. The number of hydrogen-bond acceptors (Lipinski definition) is 4. The van der Waals surface area contributed by atoms with Crippen LogP contribution in [0.2, 0.25) is 0 Å². The minimum Gasteiger partial charge on any atom is -0.373 e. The molecule has 0 saturated carbocycles. The molecule has 0 radical (unpaired) electrons. The highest BCUT2D eigenvalue weighted by molar-refractivity contribution is 6.00. The Hall–Kier alpha value is -3.20. The second-order valence-corrected chi connectivity index (χ2v) is 6.30. The molecule has 6 heteroatoms. The number of ketones is 1. The first-order valence-corrected chi connectivity index (χ1v) is 8.33. The van der Waals surface area contributed by atoms with Gasteiger partial charge in [-0.1, -0.05) is 12.1 Å². The fourth-order valence-corrected chi connectivity index (χ4v) is 3.07. The predicted molar refractivity (Wildman–Crippen MR) is 95.0 cm³/mol. The maximum atomic E-state index is 13.0. The van der Waals surface area contributed by atoms with Gasteiger partial charge in [-0.25, -0.2) is 4.39 Å². The number of carbonyl (C=O) groups excluding carboxylic acids is 2. The maximum Gasteiger partial charge on any atom is 0.245 e. The summed E-state index contributed by atoms with van der Waals surface area (Å²) in [5, 5.41) is 12.2. The number of nitrogens with one attached hydrogen (secondary N) is 1. The number of Topliss-reactive ketones (excluding diaryl/α,β-unsaturated/α-hetero) is 1. The summed E-state index contributed by atoms with van der Waals surface area (Å²) >= 11 is 0. The van der Waals surface area contributed by atoms with Gasteiger partial charge in [-0.05, 0) is 49.2 Å². The first-order valence-electron chi connectivity index (χ1n) is 8.33. The molecule has 0 aromatic heterocycles. The van der Waals surface area contributed by atoms with Crippen molar-refractivity contribution in [1.29, 1.82) is 5.26 Å². The smallest absolute Gasteiger partial charge is 0.245 e. The normalized spacial score (nSPS) is 16.4. The van der Waals surface area contributed by atoms with Crippen LogP contribution in [-0.2, 0) is 11.3 Å². The van der Waals surface area contributed by atoms with Gasteiger partial charge < -0.3 is 10.2 Å². The molecule has 2 aromatic rings. The molecule has 3 rings (SSSR count). The number of hydrogen-bond donors (Lipinski definition) is 1. The van der Waals surface area contributed by atoms with Gasteiger partial charge in [-0.2, -0.15) is 5.26 Å². The largest absolute Gasteiger partial charge is 0.373 e. The van der Waals surface area contributed by atoms with Gasteiger partial charge in [0.25, 0.3) is 0 Å². The van der Waals surface area contributed by atoms with E-state index in [2.05, 4.69) is 5.32 Å². The van der Waals surface area contributed by atoms with Gasteiger partial charge in [0.1, 0.15) is 11.9 Å². The van der Waals surface area contributed by atoms with E-state index in [4.69, 9.17) is 5.26 Å². The lowest BCUT2D eigenvalue weighted by Gasteiger charge is -2.19. The minimum absolute atomic E-state index is 0.0776. The van der Waals surface area contributed by atoms with Crippen molar-refractivity contribution in [1.82, 2.24) is 4.90 Å². The highest BCUT2D eigenvalue weighted by atomic mass is 19.1. The van der Waals surface area contributed by atoms with E-state index in [1.807, 2.05) is 6.07 Å². The van der Waals surface area contributed by atoms with E-state index < -0.39 is 6.04 Å². The van der Waals surface area contributed by atoms with E-state index in [0.717, 1.165) is 5.56 Å². The number of carbonyl (C=O) groups is 2. The van der Waals surface area contributed by atoms with Crippen molar-refractivity contribution in [3.8, 4) is 6.07 Å². The summed E-state index contributed by atoms with van der Waals surface area (Å²) < 4.78 is 13.0. The number of nitriles is 1. The van der Waals surface area contributed by atoms with Gasteiger partial charge in [0.15, 0.2) is 5.78 Å². The van der Waals surface area contributed by atoms with Gasteiger partial charge in [0, 0.05) is 24.3 Å². The monoisotopic (exact) mass is 351 g/mol. The average Bonchev–Trinajstić information content (AvgIpc) is 2.96. The van der Waals surface area contributed by atoms with Crippen LogP contribution in [0.25, 0.3) is 0 Å². The van der Waals surface area contributed by atoms with Crippen molar-refractivity contribution in [2.75, 3.05) is 11.9 Å². The molecule has 1 saturated heterocycles. The standard InChI is InChI=1S/C20H18FN3O2/c1-13(25)17-7-4-15(11-22)10-19(17)23-18-8-9-24(20(18)26)12-14-2-5-16(21)6-3-14/h2-7,10,18,23H,8-9,12H2,1H3. The van der Waals surface area contributed by atoms with Gasteiger partial charge in [0.05, 0.1) is 11.6 Å². The molecule has 26 heavy (non-hydrogen) atoms. The lowest BCUT2D eigenvalue weighted by Crippen LogP contribution is -2.33. The maximum absolute atomic E-state index is 13.0. The average molecular weight is 351 g/mol. The Morgan fingerprint density at radius 2 is 2.04 bits per heavy atom. The van der Waals surface area contributed by atoms with Crippen molar-refractivity contribution >= 4 is 17.4 Å². The van der Waals surface area contributed by atoms with E-state index in [-0.39, 0.29) is 17.5 Å². The van der Waals surface area contributed by atoms with Crippen molar-refractivity contribution in [3.63, 3.8) is 0 Å². The lowest BCUT2D eigenvalue weighted by molar-refractivity contribution is -0.128. The summed E-state index contributed by atoms with van der Waals surface area (Å²) in [5.41, 5.74) is 2.23. The first kappa shape index (κ1) is 17.6. The third kappa shape index (κ3) is 3.72. The van der Waals surface area contributed by atoms with E-state index in [9.17, 15) is 14.0 Å². The topological polar surface area (TPSA) is 73.2 Å². The highest BCUT2D eigenvalue weighted by Crippen LogP contribution is 2.23. The Morgan fingerprint density at radius 1 is 1.31 bits per heavy atom. The second-order valence-electron chi connectivity index (χ2n) is 6.30. The van der Waals surface area contributed by atoms with Crippen LogP contribution in [0.4, 0.5) is 10.1 Å². The fraction of sp³-hybridized carbons (Fsp3) is 0.250. The van der Waals surface area contributed by atoms with Crippen LogP contribution in [0.3, 0.4) is 0 Å². The zero-order chi connectivity index (χ0) is 18.7. The Bertz CT molecular complexity index is 887. The molecule has 5 nitrogen and oxygen atoms in total. The van der Waals surface area contributed by atoms with E-state index in [0.29, 0.717) is 36.3 Å². The van der Waals surface area contributed by atoms with Crippen LogP contribution >= 0.6 is 0 Å². The molecule has 1 atom stereocenters. The summed E-state index contributed by atoms with van der Waals surface area (Å²) in [6.07, 6.45) is 0.591. The fourth-order valence-electron chi connectivity index (χ4n) is 3.07. The Morgan fingerprint density at radius 3 is 2.69 bits per heavy atom. The van der Waals surface area contributed by atoms with Crippen LogP contribution < -0.4 is 5.32 Å². The number of anilines is 1. The summed E-state index contributed by atoms with van der Waals surface area (Å²) in [6, 6.07) is 12.4. The number of rotatable bonds is 5. The van der Waals surface area contributed by atoms with Crippen molar-refractivity contribution in [2.24, 2.45) is 0 Å². The number of amides is 1. The third-order valence-corrected chi connectivity index (χ3v) is 4.44. The molecule has 0 bridgehead atoms. The molecule has 1 N–H and O–H groups in total. The quantitative estimate of drug-likeness (QED) is 0.840. The van der Waals surface area contributed by atoms with Crippen LogP contribution in [0, 0.1) is 17.1 Å². The number of nitrogens with zero attached hydrogens (tertiary/aromatic N) is 2.